The van der Waals surface area contributed by atoms with Gasteiger partial charge in [0.15, 0.2) is 0 Å². The van der Waals surface area contributed by atoms with E-state index in [-0.39, 0.29) is 0 Å². The lowest BCUT2D eigenvalue weighted by molar-refractivity contribution is 0.641. The van der Waals surface area contributed by atoms with Crippen LogP contribution in [0.5, 0.6) is 0 Å². The molecule has 16 heavy (non-hydrogen) atoms. The van der Waals surface area contributed by atoms with Crippen LogP contribution in [0.1, 0.15) is 36.5 Å². The lowest BCUT2D eigenvalue weighted by Crippen LogP contribution is -2.13. The van der Waals surface area contributed by atoms with E-state index in [9.17, 15) is 0 Å². The molecule has 1 rings (SSSR count). The summed E-state index contributed by atoms with van der Waals surface area (Å²) in [5.41, 5.74) is 3.91. The third kappa shape index (κ3) is 4.15. The first-order valence-electron chi connectivity index (χ1n) is 6.11. The Balaban J connectivity index is 2.45. The number of aryl methyl sites for hydroxylation is 3. The van der Waals surface area contributed by atoms with Crippen molar-refractivity contribution in [3.8, 4) is 0 Å². The first-order valence-corrected chi connectivity index (χ1v) is 6.49. The van der Waals surface area contributed by atoms with E-state index in [1.807, 2.05) is 0 Å². The Morgan fingerprint density at radius 1 is 1.12 bits per heavy atom. The van der Waals surface area contributed by atoms with Gasteiger partial charge in [0.05, 0.1) is 0 Å². The van der Waals surface area contributed by atoms with Crippen molar-refractivity contribution in [1.82, 2.24) is 5.32 Å². The van der Waals surface area contributed by atoms with Crippen molar-refractivity contribution in [2.24, 2.45) is 0 Å². The maximum absolute atomic E-state index is 6.23. The molecule has 0 saturated carbocycles. The van der Waals surface area contributed by atoms with E-state index in [2.05, 4.69) is 38.2 Å². The molecule has 1 N–H and O–H groups in total. The zero-order chi connectivity index (χ0) is 12.0. The summed E-state index contributed by atoms with van der Waals surface area (Å²) in [6, 6.07) is 4.31. The molecule has 0 aromatic heterocycles. The Kier molecular flexibility index (Phi) is 5.86. The zero-order valence-electron chi connectivity index (χ0n) is 10.6. The van der Waals surface area contributed by atoms with Crippen molar-refractivity contribution in [3.05, 3.63) is 33.8 Å². The quantitative estimate of drug-likeness (QED) is 0.743. The maximum Gasteiger partial charge on any atom is 0.0440 e. The molecule has 1 aromatic carbocycles. The van der Waals surface area contributed by atoms with Gasteiger partial charge in [-0.15, -0.1) is 0 Å². The second kappa shape index (κ2) is 6.93. The van der Waals surface area contributed by atoms with Gasteiger partial charge < -0.3 is 5.32 Å². The lowest BCUT2D eigenvalue weighted by Gasteiger charge is -2.08. The molecular formula is C14H22ClN. The fourth-order valence-electron chi connectivity index (χ4n) is 1.77. The lowest BCUT2D eigenvalue weighted by atomic mass is 10.0. The molecule has 0 aliphatic carbocycles. The van der Waals surface area contributed by atoms with Gasteiger partial charge in [0.1, 0.15) is 0 Å². The van der Waals surface area contributed by atoms with Crippen molar-refractivity contribution in [2.45, 2.75) is 40.0 Å². The van der Waals surface area contributed by atoms with E-state index < -0.39 is 0 Å². The predicted molar refractivity (Wildman–Crippen MR) is 72.4 cm³/mol. The van der Waals surface area contributed by atoms with Gasteiger partial charge in [-0.1, -0.05) is 24.6 Å². The largest absolute Gasteiger partial charge is 0.317 e. The van der Waals surface area contributed by atoms with Crippen molar-refractivity contribution in [2.75, 3.05) is 13.1 Å². The van der Waals surface area contributed by atoms with Gasteiger partial charge in [-0.2, -0.15) is 0 Å². The number of halogens is 1. The average Bonchev–Trinajstić information content (AvgIpc) is 2.25. The maximum atomic E-state index is 6.23. The second-order valence-electron chi connectivity index (χ2n) is 4.34. The van der Waals surface area contributed by atoms with Crippen molar-refractivity contribution < 1.29 is 0 Å². The molecule has 1 nitrogen and oxygen atoms in total. The summed E-state index contributed by atoms with van der Waals surface area (Å²) < 4.78 is 0. The molecule has 1 aromatic rings. The third-order valence-electron chi connectivity index (χ3n) is 2.96. The van der Waals surface area contributed by atoms with Crippen LogP contribution in [0, 0.1) is 13.8 Å². The molecule has 0 amide bonds. The van der Waals surface area contributed by atoms with Crippen molar-refractivity contribution in [3.63, 3.8) is 0 Å². The van der Waals surface area contributed by atoms with Crippen LogP contribution < -0.4 is 5.32 Å². The van der Waals surface area contributed by atoms with Crippen molar-refractivity contribution >= 4 is 11.6 Å². The molecule has 0 bridgehead atoms. The van der Waals surface area contributed by atoms with E-state index in [0.717, 1.165) is 24.5 Å². The minimum atomic E-state index is 0.923. The third-order valence-corrected chi connectivity index (χ3v) is 3.31. The Morgan fingerprint density at radius 3 is 2.50 bits per heavy atom. The fraction of sp³-hybridized carbons (Fsp3) is 0.571. The summed E-state index contributed by atoms with van der Waals surface area (Å²) in [6.45, 7) is 8.56. The molecular weight excluding hydrogens is 218 g/mol. The van der Waals surface area contributed by atoms with Crippen LogP contribution in [0.25, 0.3) is 0 Å². The molecule has 2 heteroatoms. The zero-order valence-corrected chi connectivity index (χ0v) is 11.3. The van der Waals surface area contributed by atoms with E-state index >= 15 is 0 Å². The van der Waals surface area contributed by atoms with Gasteiger partial charge >= 0.3 is 0 Å². The highest BCUT2D eigenvalue weighted by Gasteiger charge is 2.03. The standard InChI is InChI=1S/C14H22ClN/c1-4-16-8-6-5-7-13-9-11(2)12(3)10-14(13)15/h9-10,16H,4-8H2,1-3H3. The van der Waals surface area contributed by atoms with Crippen molar-refractivity contribution in [1.29, 1.82) is 0 Å². The number of unbranched alkanes of at least 4 members (excludes halogenated alkanes) is 1. The normalized spacial score (nSPS) is 10.8. The highest BCUT2D eigenvalue weighted by molar-refractivity contribution is 6.31. The van der Waals surface area contributed by atoms with E-state index in [4.69, 9.17) is 11.6 Å². The highest BCUT2D eigenvalue weighted by Crippen LogP contribution is 2.22. The van der Waals surface area contributed by atoms with E-state index in [1.165, 1.54) is 29.5 Å². The van der Waals surface area contributed by atoms with Crippen LogP contribution in [0.3, 0.4) is 0 Å². The predicted octanol–water partition coefficient (Wildman–Crippen LogP) is 3.89. The number of nitrogens with one attached hydrogen (secondary N) is 1. The summed E-state index contributed by atoms with van der Waals surface area (Å²) in [5, 5.41) is 4.26. The van der Waals surface area contributed by atoms with Gasteiger partial charge in [0.25, 0.3) is 0 Å². The molecule has 0 fully saturated rings. The number of benzene rings is 1. The van der Waals surface area contributed by atoms with Gasteiger partial charge in [-0.25, -0.2) is 0 Å². The molecule has 0 atom stereocenters. The smallest absolute Gasteiger partial charge is 0.0440 e. The summed E-state index contributed by atoms with van der Waals surface area (Å²) in [5.74, 6) is 0. The van der Waals surface area contributed by atoms with E-state index in [1.54, 1.807) is 0 Å². The topological polar surface area (TPSA) is 12.0 Å². The van der Waals surface area contributed by atoms with Crippen LogP contribution in [0.2, 0.25) is 5.02 Å². The van der Waals surface area contributed by atoms with Gasteiger partial charge in [0.2, 0.25) is 0 Å². The molecule has 0 saturated heterocycles. The van der Waals surface area contributed by atoms with Gasteiger partial charge in [-0.05, 0) is 69.0 Å². The van der Waals surface area contributed by atoms with E-state index in [0.29, 0.717) is 0 Å². The number of rotatable bonds is 6. The summed E-state index contributed by atoms with van der Waals surface area (Å²) >= 11 is 6.23. The Labute approximate surface area is 104 Å². The minimum Gasteiger partial charge on any atom is -0.317 e. The Bertz CT molecular complexity index is 334. The molecule has 0 heterocycles. The Morgan fingerprint density at radius 2 is 1.81 bits per heavy atom. The van der Waals surface area contributed by atoms with Crippen LogP contribution in [0.15, 0.2) is 12.1 Å². The van der Waals surface area contributed by atoms with Crippen LogP contribution in [0.4, 0.5) is 0 Å². The summed E-state index contributed by atoms with van der Waals surface area (Å²) in [6.07, 6.45) is 3.51. The van der Waals surface area contributed by atoms with Crippen LogP contribution >= 0.6 is 11.6 Å². The van der Waals surface area contributed by atoms with Gasteiger partial charge in [0, 0.05) is 5.02 Å². The Hall–Kier alpha value is -0.530. The van der Waals surface area contributed by atoms with Gasteiger partial charge in [-0.3, -0.25) is 0 Å². The molecule has 0 radical (unpaired) electrons. The SMILES string of the molecule is CCNCCCCc1cc(C)c(C)cc1Cl. The first kappa shape index (κ1) is 13.5. The summed E-state index contributed by atoms with van der Waals surface area (Å²) in [4.78, 5) is 0. The molecule has 0 spiro atoms. The summed E-state index contributed by atoms with van der Waals surface area (Å²) in [7, 11) is 0. The molecule has 90 valence electrons. The first-order chi connectivity index (χ1) is 7.65. The fourth-order valence-corrected chi connectivity index (χ4v) is 2.09. The van der Waals surface area contributed by atoms with Crippen LogP contribution in [-0.4, -0.2) is 13.1 Å². The number of hydrogen-bond acceptors (Lipinski definition) is 1. The molecule has 0 aliphatic rings. The second-order valence-corrected chi connectivity index (χ2v) is 4.75. The monoisotopic (exact) mass is 239 g/mol. The minimum absolute atomic E-state index is 0.923. The average molecular weight is 240 g/mol. The number of hydrogen-bond donors (Lipinski definition) is 1. The van der Waals surface area contributed by atoms with Crippen LogP contribution in [-0.2, 0) is 6.42 Å². The highest BCUT2D eigenvalue weighted by atomic mass is 35.5. The molecule has 0 unspecified atom stereocenters. The molecule has 0 aliphatic heterocycles.